The maximum atomic E-state index is 11.9. The van der Waals surface area contributed by atoms with Crippen LogP contribution in [0.15, 0.2) is 12.1 Å². The van der Waals surface area contributed by atoms with Crippen LogP contribution < -0.4 is 4.74 Å². The molecule has 3 heteroatoms. The Morgan fingerprint density at radius 3 is 2.11 bits per heavy atom. The Kier molecular flexibility index (Phi) is 3.12. The number of hydrogen-bond donors (Lipinski definition) is 0. The number of cyclic esters (lactones) is 1. The molecular formula is C16H22O3. The Balaban J connectivity index is 2.72. The minimum atomic E-state index is -0.294. The zero-order valence-electron chi connectivity index (χ0n) is 12.6. The first kappa shape index (κ1) is 13.9. The number of carbonyl (C=O) groups is 1. The molecule has 0 N–H and O–H groups in total. The van der Waals surface area contributed by atoms with Gasteiger partial charge in [0.15, 0.2) is 0 Å². The third kappa shape index (κ3) is 2.60. The Bertz CT molecular complexity index is 516. The molecule has 2 rings (SSSR count). The molecule has 0 fully saturated rings. The largest absolute Gasteiger partial charge is 0.456 e. The van der Waals surface area contributed by atoms with Crippen molar-refractivity contribution in [1.82, 2.24) is 0 Å². The lowest BCUT2D eigenvalue weighted by Crippen LogP contribution is -2.25. The molecule has 0 atom stereocenters. The number of hydrogen-bond acceptors (Lipinski definition) is 3. The fourth-order valence-corrected chi connectivity index (χ4v) is 2.15. The van der Waals surface area contributed by atoms with Crippen LogP contribution >= 0.6 is 0 Å². The van der Waals surface area contributed by atoms with Crippen molar-refractivity contribution in [2.24, 2.45) is 0 Å². The maximum absolute atomic E-state index is 11.9. The van der Waals surface area contributed by atoms with Gasteiger partial charge >= 0.3 is 5.97 Å². The molecule has 0 saturated carbocycles. The SMILES string of the molecule is CC(C)(C)c1cc2c(c(C(C)(C)C)c1)OCOC2=O. The van der Waals surface area contributed by atoms with E-state index in [9.17, 15) is 4.79 Å². The van der Waals surface area contributed by atoms with Gasteiger partial charge in [0.2, 0.25) is 6.79 Å². The normalized spacial score (nSPS) is 15.6. The van der Waals surface area contributed by atoms with E-state index in [1.54, 1.807) is 0 Å². The van der Waals surface area contributed by atoms with Gasteiger partial charge in [-0.1, -0.05) is 47.6 Å². The molecular weight excluding hydrogens is 240 g/mol. The van der Waals surface area contributed by atoms with Crippen LogP contribution in [0.1, 0.15) is 63.0 Å². The fraction of sp³-hybridized carbons (Fsp3) is 0.562. The van der Waals surface area contributed by atoms with E-state index >= 15 is 0 Å². The van der Waals surface area contributed by atoms with E-state index in [0.29, 0.717) is 11.3 Å². The molecule has 0 unspecified atom stereocenters. The summed E-state index contributed by atoms with van der Waals surface area (Å²) in [5.41, 5.74) is 2.63. The van der Waals surface area contributed by atoms with E-state index in [1.165, 1.54) is 0 Å². The Morgan fingerprint density at radius 2 is 1.58 bits per heavy atom. The van der Waals surface area contributed by atoms with Gasteiger partial charge in [0.05, 0.1) is 0 Å². The number of rotatable bonds is 0. The summed E-state index contributed by atoms with van der Waals surface area (Å²) < 4.78 is 10.6. The molecule has 1 aliphatic heterocycles. The van der Waals surface area contributed by atoms with E-state index in [2.05, 4.69) is 47.6 Å². The van der Waals surface area contributed by atoms with Gasteiger partial charge in [-0.15, -0.1) is 0 Å². The predicted octanol–water partition coefficient (Wildman–Crippen LogP) is 3.79. The first-order valence-electron chi connectivity index (χ1n) is 6.59. The smallest absolute Gasteiger partial charge is 0.344 e. The topological polar surface area (TPSA) is 35.5 Å². The van der Waals surface area contributed by atoms with Crippen LogP contribution in [0.5, 0.6) is 5.75 Å². The number of fused-ring (bicyclic) bond motifs is 1. The molecule has 1 aliphatic rings. The highest BCUT2D eigenvalue weighted by molar-refractivity contribution is 5.94. The van der Waals surface area contributed by atoms with E-state index in [-0.39, 0.29) is 23.6 Å². The number of carbonyl (C=O) groups excluding carboxylic acids is 1. The highest BCUT2D eigenvalue weighted by Crippen LogP contribution is 2.39. The minimum Gasteiger partial charge on any atom is -0.456 e. The fourth-order valence-electron chi connectivity index (χ4n) is 2.15. The van der Waals surface area contributed by atoms with E-state index in [4.69, 9.17) is 9.47 Å². The average Bonchev–Trinajstić information content (AvgIpc) is 2.25. The molecule has 0 saturated heterocycles. The summed E-state index contributed by atoms with van der Waals surface area (Å²) in [5, 5.41) is 0. The lowest BCUT2D eigenvalue weighted by molar-refractivity contribution is 0.00417. The van der Waals surface area contributed by atoms with Gasteiger partial charge in [-0.05, 0) is 22.5 Å². The van der Waals surface area contributed by atoms with Gasteiger partial charge in [-0.25, -0.2) is 4.79 Å². The second-order valence-electron chi connectivity index (χ2n) is 7.09. The number of esters is 1. The molecule has 0 spiro atoms. The highest BCUT2D eigenvalue weighted by atomic mass is 16.7. The minimum absolute atomic E-state index is 0.00375. The molecule has 1 aromatic carbocycles. The summed E-state index contributed by atoms with van der Waals surface area (Å²) in [6.45, 7) is 12.8. The molecule has 19 heavy (non-hydrogen) atoms. The van der Waals surface area contributed by atoms with Crippen molar-refractivity contribution in [2.45, 2.75) is 52.4 Å². The monoisotopic (exact) mass is 262 g/mol. The summed E-state index contributed by atoms with van der Waals surface area (Å²) in [6.07, 6.45) is 0. The lowest BCUT2D eigenvalue weighted by atomic mass is 9.79. The van der Waals surface area contributed by atoms with E-state index < -0.39 is 0 Å². The summed E-state index contributed by atoms with van der Waals surface area (Å²) >= 11 is 0. The Morgan fingerprint density at radius 1 is 0.947 bits per heavy atom. The Hall–Kier alpha value is -1.51. The molecule has 0 amide bonds. The van der Waals surface area contributed by atoms with Crippen molar-refractivity contribution >= 4 is 5.97 Å². The molecule has 1 aromatic rings. The first-order valence-corrected chi connectivity index (χ1v) is 6.59. The van der Waals surface area contributed by atoms with Crippen LogP contribution in [0, 0.1) is 0 Å². The van der Waals surface area contributed by atoms with Gasteiger partial charge in [-0.3, -0.25) is 0 Å². The van der Waals surface area contributed by atoms with Crippen molar-refractivity contribution < 1.29 is 14.3 Å². The van der Waals surface area contributed by atoms with E-state index in [0.717, 1.165) is 11.1 Å². The lowest BCUT2D eigenvalue weighted by Gasteiger charge is -2.30. The maximum Gasteiger partial charge on any atom is 0.344 e. The Labute approximate surface area is 114 Å². The molecule has 0 aromatic heterocycles. The standard InChI is InChI=1S/C16H22O3/c1-15(2,3)10-7-11-13(18-9-19-14(11)17)12(8-10)16(4,5)6/h7-8H,9H2,1-6H3. The highest BCUT2D eigenvalue weighted by Gasteiger charge is 2.31. The van der Waals surface area contributed by atoms with Crippen LogP contribution in [0.25, 0.3) is 0 Å². The summed E-state index contributed by atoms with van der Waals surface area (Å²) in [7, 11) is 0. The third-order valence-corrected chi connectivity index (χ3v) is 3.38. The summed E-state index contributed by atoms with van der Waals surface area (Å²) in [4.78, 5) is 11.9. The van der Waals surface area contributed by atoms with Crippen LogP contribution in [0.3, 0.4) is 0 Å². The van der Waals surface area contributed by atoms with Crippen molar-refractivity contribution in [3.05, 3.63) is 28.8 Å². The molecule has 3 nitrogen and oxygen atoms in total. The van der Waals surface area contributed by atoms with Gasteiger partial charge in [0.25, 0.3) is 0 Å². The predicted molar refractivity (Wildman–Crippen MR) is 74.8 cm³/mol. The molecule has 104 valence electrons. The first-order chi connectivity index (χ1) is 8.60. The molecule has 0 aliphatic carbocycles. The molecule has 0 bridgehead atoms. The van der Waals surface area contributed by atoms with Crippen LogP contribution in [0.2, 0.25) is 0 Å². The van der Waals surface area contributed by atoms with Crippen LogP contribution in [-0.2, 0) is 15.6 Å². The zero-order valence-corrected chi connectivity index (χ0v) is 12.6. The summed E-state index contributed by atoms with van der Waals surface area (Å²) in [6, 6.07) is 4.05. The van der Waals surface area contributed by atoms with Crippen molar-refractivity contribution in [3.8, 4) is 5.75 Å². The number of benzene rings is 1. The van der Waals surface area contributed by atoms with Crippen molar-refractivity contribution in [1.29, 1.82) is 0 Å². The van der Waals surface area contributed by atoms with Gasteiger partial charge < -0.3 is 9.47 Å². The van der Waals surface area contributed by atoms with Crippen LogP contribution in [-0.4, -0.2) is 12.8 Å². The van der Waals surface area contributed by atoms with E-state index in [1.807, 2.05) is 6.07 Å². The molecule has 0 radical (unpaired) electrons. The van der Waals surface area contributed by atoms with Gasteiger partial charge in [0.1, 0.15) is 11.3 Å². The quantitative estimate of drug-likeness (QED) is 0.667. The summed E-state index contributed by atoms with van der Waals surface area (Å²) in [5.74, 6) is 0.384. The van der Waals surface area contributed by atoms with Crippen molar-refractivity contribution in [2.75, 3.05) is 6.79 Å². The van der Waals surface area contributed by atoms with Gasteiger partial charge in [-0.2, -0.15) is 0 Å². The third-order valence-electron chi connectivity index (χ3n) is 3.38. The van der Waals surface area contributed by atoms with Crippen LogP contribution in [0.4, 0.5) is 0 Å². The molecule has 1 heterocycles. The zero-order chi connectivity index (χ0) is 14.4. The number of ether oxygens (including phenoxy) is 2. The van der Waals surface area contributed by atoms with Gasteiger partial charge in [0, 0.05) is 5.56 Å². The second kappa shape index (κ2) is 4.26. The second-order valence-corrected chi connectivity index (χ2v) is 7.09. The average molecular weight is 262 g/mol. The van der Waals surface area contributed by atoms with Crippen molar-refractivity contribution in [3.63, 3.8) is 0 Å².